The van der Waals surface area contributed by atoms with Gasteiger partial charge >= 0.3 is 0 Å². The first-order valence-electron chi connectivity index (χ1n) is 7.33. The lowest BCUT2D eigenvalue weighted by Crippen LogP contribution is -2.14. The fourth-order valence-electron chi connectivity index (χ4n) is 2.19. The largest absolute Gasteiger partial charge is 0.323 e. The lowest BCUT2D eigenvalue weighted by atomic mass is 10.2. The van der Waals surface area contributed by atoms with Crippen molar-refractivity contribution in [2.24, 2.45) is 0 Å². The minimum Gasteiger partial charge on any atom is -0.323 e. The van der Waals surface area contributed by atoms with Crippen molar-refractivity contribution in [2.45, 2.75) is 19.5 Å². The molecule has 1 N–H and O–H groups in total. The molecule has 3 aromatic rings. The second kappa shape index (κ2) is 7.63. The highest BCUT2D eigenvalue weighted by atomic mass is 79.9. The smallest absolute Gasteiger partial charge is 0.226 e. The molecule has 2 heterocycles. The number of aryl methyl sites for hydroxylation is 1. The maximum absolute atomic E-state index is 12.0. The standard InChI is InChI=1S/C16H15BrClN5O/c17-13-3-1-12(2-4-13)9-23-11-15(8-20-23)21-16(24)5-6-22-10-14(18)7-19-22/h1-4,7-8,10-11H,5-6,9H2,(H,21,24). The molecule has 0 aliphatic heterocycles. The topological polar surface area (TPSA) is 64.7 Å². The van der Waals surface area contributed by atoms with Crippen LogP contribution in [0.15, 0.2) is 53.5 Å². The van der Waals surface area contributed by atoms with Gasteiger partial charge < -0.3 is 5.32 Å². The zero-order chi connectivity index (χ0) is 16.9. The minimum absolute atomic E-state index is 0.0928. The number of hydrogen-bond acceptors (Lipinski definition) is 3. The fourth-order valence-corrected chi connectivity index (χ4v) is 2.61. The van der Waals surface area contributed by atoms with Gasteiger partial charge in [0, 0.05) is 29.8 Å². The number of rotatable bonds is 6. The summed E-state index contributed by atoms with van der Waals surface area (Å²) in [6, 6.07) is 8.03. The lowest BCUT2D eigenvalue weighted by Gasteiger charge is -2.03. The first-order valence-corrected chi connectivity index (χ1v) is 8.50. The summed E-state index contributed by atoms with van der Waals surface area (Å²) in [6.45, 7) is 1.13. The Morgan fingerprint density at radius 1 is 1.12 bits per heavy atom. The molecule has 1 amide bonds. The Morgan fingerprint density at radius 3 is 2.58 bits per heavy atom. The monoisotopic (exact) mass is 407 g/mol. The van der Waals surface area contributed by atoms with Crippen LogP contribution in [0, 0.1) is 0 Å². The van der Waals surface area contributed by atoms with Crippen molar-refractivity contribution in [1.82, 2.24) is 19.6 Å². The van der Waals surface area contributed by atoms with E-state index in [1.807, 2.05) is 30.5 Å². The Labute approximate surface area is 152 Å². The van der Waals surface area contributed by atoms with Gasteiger partial charge in [0.2, 0.25) is 5.91 Å². The van der Waals surface area contributed by atoms with E-state index in [-0.39, 0.29) is 5.91 Å². The number of anilines is 1. The summed E-state index contributed by atoms with van der Waals surface area (Å²) in [5.41, 5.74) is 1.81. The van der Waals surface area contributed by atoms with Crippen molar-refractivity contribution in [3.8, 4) is 0 Å². The van der Waals surface area contributed by atoms with Crippen LogP contribution in [0.5, 0.6) is 0 Å². The number of carbonyl (C=O) groups excluding carboxylic acids is 1. The van der Waals surface area contributed by atoms with Gasteiger partial charge in [-0.2, -0.15) is 10.2 Å². The van der Waals surface area contributed by atoms with Crippen LogP contribution >= 0.6 is 27.5 Å². The van der Waals surface area contributed by atoms with E-state index in [0.717, 1.165) is 10.0 Å². The molecule has 0 saturated carbocycles. The first kappa shape index (κ1) is 16.7. The van der Waals surface area contributed by atoms with E-state index in [9.17, 15) is 4.79 Å². The zero-order valence-electron chi connectivity index (χ0n) is 12.7. The van der Waals surface area contributed by atoms with Crippen molar-refractivity contribution in [1.29, 1.82) is 0 Å². The van der Waals surface area contributed by atoms with Gasteiger partial charge in [-0.1, -0.05) is 39.7 Å². The van der Waals surface area contributed by atoms with Gasteiger partial charge in [-0.3, -0.25) is 14.2 Å². The van der Waals surface area contributed by atoms with Crippen LogP contribution in [0.25, 0.3) is 0 Å². The van der Waals surface area contributed by atoms with Gasteiger partial charge in [-0.25, -0.2) is 0 Å². The van der Waals surface area contributed by atoms with Crippen molar-refractivity contribution in [3.05, 3.63) is 64.1 Å². The SMILES string of the molecule is O=C(CCn1cc(Cl)cn1)Nc1cnn(Cc2ccc(Br)cc2)c1. The van der Waals surface area contributed by atoms with Gasteiger partial charge in [0.25, 0.3) is 0 Å². The third kappa shape index (κ3) is 4.69. The quantitative estimate of drug-likeness (QED) is 0.678. The van der Waals surface area contributed by atoms with E-state index in [0.29, 0.717) is 30.2 Å². The molecule has 24 heavy (non-hydrogen) atoms. The van der Waals surface area contributed by atoms with Crippen molar-refractivity contribution >= 4 is 39.1 Å². The number of benzene rings is 1. The second-order valence-corrected chi connectivity index (χ2v) is 6.62. The molecule has 0 fully saturated rings. The molecular weight excluding hydrogens is 394 g/mol. The number of carbonyl (C=O) groups is 1. The molecule has 1 aromatic carbocycles. The summed E-state index contributed by atoms with van der Waals surface area (Å²) in [5, 5.41) is 11.7. The van der Waals surface area contributed by atoms with E-state index in [1.165, 1.54) is 0 Å². The third-order valence-corrected chi connectivity index (χ3v) is 4.07. The highest BCUT2D eigenvalue weighted by Crippen LogP contribution is 2.13. The molecule has 124 valence electrons. The van der Waals surface area contributed by atoms with Gasteiger partial charge in [0.05, 0.1) is 29.6 Å². The van der Waals surface area contributed by atoms with Gasteiger partial charge in [0.1, 0.15) is 0 Å². The van der Waals surface area contributed by atoms with E-state index < -0.39 is 0 Å². The number of halogens is 2. The van der Waals surface area contributed by atoms with Crippen LogP contribution in [0.1, 0.15) is 12.0 Å². The molecule has 0 saturated heterocycles. The summed E-state index contributed by atoms with van der Waals surface area (Å²) in [7, 11) is 0. The Bertz CT molecular complexity index is 827. The van der Waals surface area contributed by atoms with Gasteiger partial charge in [-0.15, -0.1) is 0 Å². The summed E-state index contributed by atoms with van der Waals surface area (Å²) in [4.78, 5) is 12.0. The van der Waals surface area contributed by atoms with Crippen molar-refractivity contribution in [3.63, 3.8) is 0 Å². The van der Waals surface area contributed by atoms with E-state index in [2.05, 4.69) is 31.4 Å². The normalized spacial score (nSPS) is 10.8. The first-order chi connectivity index (χ1) is 11.6. The fraction of sp³-hybridized carbons (Fsp3) is 0.188. The van der Waals surface area contributed by atoms with Crippen LogP contribution in [0.2, 0.25) is 5.02 Å². The predicted octanol–water partition coefficient (Wildman–Crippen LogP) is 3.57. The highest BCUT2D eigenvalue weighted by molar-refractivity contribution is 9.10. The number of hydrogen-bond donors (Lipinski definition) is 1. The van der Waals surface area contributed by atoms with Crippen LogP contribution in [-0.4, -0.2) is 25.5 Å². The van der Waals surface area contributed by atoms with Crippen LogP contribution in [0.3, 0.4) is 0 Å². The Hall–Kier alpha value is -2.12. The Balaban J connectivity index is 1.51. The number of amides is 1. The molecular formula is C16H15BrClN5O. The zero-order valence-corrected chi connectivity index (χ0v) is 15.0. The molecule has 0 aliphatic rings. The minimum atomic E-state index is -0.0928. The summed E-state index contributed by atoms with van der Waals surface area (Å²) >= 11 is 9.20. The number of aromatic nitrogens is 4. The molecule has 6 nitrogen and oxygen atoms in total. The van der Waals surface area contributed by atoms with Crippen LogP contribution < -0.4 is 5.32 Å². The second-order valence-electron chi connectivity index (χ2n) is 5.27. The maximum Gasteiger partial charge on any atom is 0.226 e. The number of nitrogens with one attached hydrogen (secondary N) is 1. The Kier molecular flexibility index (Phi) is 5.32. The molecule has 0 bridgehead atoms. The lowest BCUT2D eigenvalue weighted by molar-refractivity contribution is -0.116. The molecule has 0 spiro atoms. The molecule has 2 aromatic heterocycles. The summed E-state index contributed by atoms with van der Waals surface area (Å²) in [6.07, 6.45) is 7.00. The van der Waals surface area contributed by atoms with E-state index >= 15 is 0 Å². The van der Waals surface area contributed by atoms with E-state index in [1.54, 1.807) is 28.0 Å². The van der Waals surface area contributed by atoms with Gasteiger partial charge in [0.15, 0.2) is 0 Å². The van der Waals surface area contributed by atoms with Crippen LogP contribution in [-0.2, 0) is 17.9 Å². The third-order valence-electron chi connectivity index (χ3n) is 3.34. The maximum atomic E-state index is 12.0. The highest BCUT2D eigenvalue weighted by Gasteiger charge is 2.06. The molecule has 8 heteroatoms. The average molecular weight is 409 g/mol. The average Bonchev–Trinajstić information content (AvgIpc) is 3.17. The number of nitrogens with zero attached hydrogens (tertiary/aromatic N) is 4. The molecule has 0 unspecified atom stereocenters. The van der Waals surface area contributed by atoms with Crippen molar-refractivity contribution < 1.29 is 4.79 Å². The molecule has 0 radical (unpaired) electrons. The van der Waals surface area contributed by atoms with Crippen molar-refractivity contribution in [2.75, 3.05) is 5.32 Å². The summed E-state index contributed by atoms with van der Waals surface area (Å²) in [5.74, 6) is -0.0928. The van der Waals surface area contributed by atoms with Gasteiger partial charge in [-0.05, 0) is 17.7 Å². The Morgan fingerprint density at radius 2 is 1.88 bits per heavy atom. The predicted molar refractivity (Wildman–Crippen MR) is 96.0 cm³/mol. The summed E-state index contributed by atoms with van der Waals surface area (Å²) < 4.78 is 4.46. The molecule has 0 atom stereocenters. The molecule has 0 aliphatic carbocycles. The van der Waals surface area contributed by atoms with Crippen LogP contribution in [0.4, 0.5) is 5.69 Å². The molecule has 3 rings (SSSR count). The van der Waals surface area contributed by atoms with E-state index in [4.69, 9.17) is 11.6 Å².